The molecule has 0 amide bonds. The predicted molar refractivity (Wildman–Crippen MR) is 83.9 cm³/mol. The molecular formula is C16H20ClFN2O. The zero-order valence-electron chi connectivity index (χ0n) is 12.3. The summed E-state index contributed by atoms with van der Waals surface area (Å²) < 4.78 is 19.4. The number of benzene rings is 1. The molecule has 0 radical (unpaired) electrons. The van der Waals surface area contributed by atoms with Gasteiger partial charge in [0.1, 0.15) is 5.82 Å². The second-order valence-electron chi connectivity index (χ2n) is 5.18. The SMILES string of the molecule is CCCC(CCC)c1noc(N)c1-c1cccc(Cl)c1F. The fourth-order valence-electron chi connectivity index (χ4n) is 2.68. The van der Waals surface area contributed by atoms with Gasteiger partial charge in [-0.2, -0.15) is 0 Å². The zero-order valence-corrected chi connectivity index (χ0v) is 13.1. The molecule has 1 aromatic carbocycles. The Labute approximate surface area is 129 Å². The summed E-state index contributed by atoms with van der Waals surface area (Å²) in [5.41, 5.74) is 7.52. The van der Waals surface area contributed by atoms with E-state index in [4.69, 9.17) is 21.9 Å². The van der Waals surface area contributed by atoms with E-state index in [-0.39, 0.29) is 16.8 Å². The molecule has 0 fully saturated rings. The lowest BCUT2D eigenvalue weighted by atomic mass is 9.90. The van der Waals surface area contributed by atoms with Crippen molar-refractivity contribution in [3.8, 4) is 11.1 Å². The molecule has 114 valence electrons. The Morgan fingerprint density at radius 3 is 2.57 bits per heavy atom. The second-order valence-corrected chi connectivity index (χ2v) is 5.59. The van der Waals surface area contributed by atoms with Crippen LogP contribution in [-0.2, 0) is 0 Å². The number of hydrogen-bond acceptors (Lipinski definition) is 3. The largest absolute Gasteiger partial charge is 0.367 e. The molecule has 0 aliphatic heterocycles. The van der Waals surface area contributed by atoms with Gasteiger partial charge in [-0.15, -0.1) is 0 Å². The highest BCUT2D eigenvalue weighted by atomic mass is 35.5. The van der Waals surface area contributed by atoms with Gasteiger partial charge >= 0.3 is 0 Å². The molecule has 0 atom stereocenters. The monoisotopic (exact) mass is 310 g/mol. The maximum atomic E-state index is 14.3. The van der Waals surface area contributed by atoms with Gasteiger partial charge in [0.15, 0.2) is 0 Å². The van der Waals surface area contributed by atoms with Gasteiger partial charge in [-0.05, 0) is 18.9 Å². The van der Waals surface area contributed by atoms with Gasteiger partial charge in [-0.3, -0.25) is 0 Å². The molecule has 2 N–H and O–H groups in total. The van der Waals surface area contributed by atoms with Crippen molar-refractivity contribution in [2.45, 2.75) is 45.4 Å². The van der Waals surface area contributed by atoms with Crippen LogP contribution in [0.5, 0.6) is 0 Å². The third kappa shape index (κ3) is 3.21. The third-order valence-corrected chi connectivity index (χ3v) is 3.92. The van der Waals surface area contributed by atoms with Gasteiger partial charge in [0.2, 0.25) is 5.88 Å². The summed E-state index contributed by atoms with van der Waals surface area (Å²) in [6.07, 6.45) is 3.98. The van der Waals surface area contributed by atoms with Crippen molar-refractivity contribution in [2.75, 3.05) is 5.73 Å². The van der Waals surface area contributed by atoms with Crippen molar-refractivity contribution < 1.29 is 8.91 Å². The van der Waals surface area contributed by atoms with Crippen LogP contribution in [0.3, 0.4) is 0 Å². The molecule has 1 heterocycles. The van der Waals surface area contributed by atoms with E-state index < -0.39 is 5.82 Å². The number of rotatable bonds is 6. The Bertz CT molecular complexity index is 606. The summed E-state index contributed by atoms with van der Waals surface area (Å²) in [4.78, 5) is 0. The van der Waals surface area contributed by atoms with Gasteiger partial charge in [-0.1, -0.05) is 55.6 Å². The summed E-state index contributed by atoms with van der Waals surface area (Å²) in [6, 6.07) is 4.87. The maximum Gasteiger partial charge on any atom is 0.230 e. The van der Waals surface area contributed by atoms with E-state index in [0.717, 1.165) is 31.4 Å². The molecule has 1 aromatic heterocycles. The van der Waals surface area contributed by atoms with Crippen LogP contribution in [0.4, 0.5) is 10.3 Å². The number of anilines is 1. The summed E-state index contributed by atoms with van der Waals surface area (Å²) in [6.45, 7) is 4.23. The molecule has 0 saturated carbocycles. The normalized spacial score (nSPS) is 11.3. The molecule has 0 saturated heterocycles. The highest BCUT2D eigenvalue weighted by Crippen LogP contribution is 2.39. The van der Waals surface area contributed by atoms with Crippen molar-refractivity contribution in [1.82, 2.24) is 5.16 Å². The second kappa shape index (κ2) is 6.94. The quantitative estimate of drug-likeness (QED) is 0.777. The Morgan fingerprint density at radius 1 is 1.29 bits per heavy atom. The molecule has 0 unspecified atom stereocenters. The third-order valence-electron chi connectivity index (χ3n) is 3.63. The molecule has 2 rings (SSSR count). The smallest absolute Gasteiger partial charge is 0.230 e. The number of aromatic nitrogens is 1. The minimum absolute atomic E-state index is 0.0709. The summed E-state index contributed by atoms with van der Waals surface area (Å²) in [7, 11) is 0. The lowest BCUT2D eigenvalue weighted by Gasteiger charge is -2.14. The van der Waals surface area contributed by atoms with E-state index in [1.807, 2.05) is 0 Å². The van der Waals surface area contributed by atoms with Crippen LogP contribution in [0.25, 0.3) is 11.1 Å². The Kier molecular flexibility index (Phi) is 5.23. The summed E-state index contributed by atoms with van der Waals surface area (Å²) in [5.74, 6) is -0.125. The first-order valence-electron chi connectivity index (χ1n) is 7.29. The Balaban J connectivity index is 2.53. The first-order chi connectivity index (χ1) is 10.1. The van der Waals surface area contributed by atoms with Gasteiger partial charge in [0, 0.05) is 11.5 Å². The Morgan fingerprint density at radius 2 is 1.95 bits per heavy atom. The molecule has 0 aliphatic carbocycles. The van der Waals surface area contributed by atoms with Gasteiger partial charge in [0.25, 0.3) is 0 Å². The summed E-state index contributed by atoms with van der Waals surface area (Å²) >= 11 is 5.87. The number of nitrogens with zero attached hydrogens (tertiary/aromatic N) is 1. The lowest BCUT2D eigenvalue weighted by Crippen LogP contribution is -2.02. The number of hydrogen-bond donors (Lipinski definition) is 1. The highest BCUT2D eigenvalue weighted by molar-refractivity contribution is 6.31. The van der Waals surface area contributed by atoms with Gasteiger partial charge in [0.05, 0.1) is 16.3 Å². The van der Waals surface area contributed by atoms with Crippen molar-refractivity contribution in [2.24, 2.45) is 0 Å². The van der Waals surface area contributed by atoms with Crippen LogP contribution >= 0.6 is 11.6 Å². The van der Waals surface area contributed by atoms with Crippen LogP contribution in [0.1, 0.15) is 51.1 Å². The van der Waals surface area contributed by atoms with Crippen molar-refractivity contribution >= 4 is 17.5 Å². The predicted octanol–water partition coefficient (Wildman–Crippen LogP) is 5.40. The number of nitrogens with two attached hydrogens (primary N) is 1. The van der Waals surface area contributed by atoms with Crippen LogP contribution in [0.15, 0.2) is 22.7 Å². The molecule has 3 nitrogen and oxygen atoms in total. The first kappa shape index (κ1) is 15.8. The molecule has 0 aliphatic rings. The number of nitrogen functional groups attached to an aromatic ring is 1. The number of halogens is 2. The van der Waals surface area contributed by atoms with Crippen molar-refractivity contribution in [1.29, 1.82) is 0 Å². The molecule has 5 heteroatoms. The summed E-state index contributed by atoms with van der Waals surface area (Å²) in [5, 5.41) is 4.16. The average Bonchev–Trinajstić information content (AvgIpc) is 2.83. The van der Waals surface area contributed by atoms with Crippen molar-refractivity contribution in [3.63, 3.8) is 0 Å². The van der Waals surface area contributed by atoms with E-state index in [1.165, 1.54) is 6.07 Å². The molecule has 21 heavy (non-hydrogen) atoms. The minimum atomic E-state index is -0.484. The Hall–Kier alpha value is -1.55. The highest BCUT2D eigenvalue weighted by Gasteiger charge is 2.25. The molecule has 0 bridgehead atoms. The van der Waals surface area contributed by atoms with Gasteiger partial charge < -0.3 is 10.3 Å². The lowest BCUT2D eigenvalue weighted by molar-refractivity contribution is 0.411. The van der Waals surface area contributed by atoms with Crippen LogP contribution in [0.2, 0.25) is 5.02 Å². The minimum Gasteiger partial charge on any atom is -0.367 e. The van der Waals surface area contributed by atoms with Crippen LogP contribution < -0.4 is 5.73 Å². The topological polar surface area (TPSA) is 52.0 Å². The maximum absolute atomic E-state index is 14.3. The molecule has 0 spiro atoms. The van der Waals surface area contributed by atoms with E-state index in [2.05, 4.69) is 19.0 Å². The van der Waals surface area contributed by atoms with E-state index in [1.54, 1.807) is 12.1 Å². The van der Waals surface area contributed by atoms with E-state index in [0.29, 0.717) is 11.1 Å². The molecule has 2 aromatic rings. The fourth-order valence-corrected chi connectivity index (χ4v) is 2.85. The van der Waals surface area contributed by atoms with Gasteiger partial charge in [-0.25, -0.2) is 4.39 Å². The zero-order chi connectivity index (χ0) is 15.4. The van der Waals surface area contributed by atoms with Crippen molar-refractivity contribution in [3.05, 3.63) is 34.7 Å². The first-order valence-corrected chi connectivity index (χ1v) is 7.67. The standard InChI is InChI=1S/C16H20ClFN2O/c1-3-6-10(7-4-2)15-13(16(19)21-20-15)11-8-5-9-12(17)14(11)18/h5,8-10H,3-4,6-7,19H2,1-2H3. The van der Waals surface area contributed by atoms with E-state index >= 15 is 0 Å². The fraction of sp³-hybridized carbons (Fsp3) is 0.438. The average molecular weight is 311 g/mol. The van der Waals surface area contributed by atoms with Crippen LogP contribution in [0, 0.1) is 5.82 Å². The van der Waals surface area contributed by atoms with E-state index in [9.17, 15) is 4.39 Å². The van der Waals surface area contributed by atoms with Crippen LogP contribution in [-0.4, -0.2) is 5.16 Å². The molecular weight excluding hydrogens is 291 g/mol.